The lowest BCUT2D eigenvalue weighted by molar-refractivity contribution is -0.320. The number of nitrogens with zero attached hydrogens (tertiary/aromatic N) is 2. The first-order valence-electron chi connectivity index (χ1n) is 6.83. The number of carbonyl (C=O) groups excluding carboxylic acids is 1. The Kier molecular flexibility index (Phi) is 3.94. The molecule has 0 radical (unpaired) electrons. The van der Waals surface area contributed by atoms with Crippen molar-refractivity contribution in [3.63, 3.8) is 0 Å². The molecule has 1 fully saturated rings. The first-order valence-corrected chi connectivity index (χ1v) is 6.83. The van der Waals surface area contributed by atoms with Crippen LogP contribution in [0, 0.1) is 0 Å². The van der Waals surface area contributed by atoms with Crippen molar-refractivity contribution in [2.24, 2.45) is 0 Å². The van der Waals surface area contributed by atoms with E-state index in [4.69, 9.17) is 9.57 Å². The average Bonchev–Trinajstić information content (AvgIpc) is 2.55. The zero-order valence-electron chi connectivity index (χ0n) is 11.7. The maximum Gasteiger partial charge on any atom is 0.277 e. The van der Waals surface area contributed by atoms with E-state index in [2.05, 4.69) is 4.98 Å². The van der Waals surface area contributed by atoms with Crippen LogP contribution in [-0.4, -0.2) is 28.6 Å². The molecule has 108 valence electrons. The lowest BCUT2D eigenvalue weighted by atomic mass is 10.2. The average molecular weight is 284 g/mol. The zero-order chi connectivity index (χ0) is 14.7. The number of benzene rings is 1. The van der Waals surface area contributed by atoms with Crippen molar-refractivity contribution >= 4 is 5.91 Å². The maximum atomic E-state index is 12.5. The highest BCUT2D eigenvalue weighted by Gasteiger charge is 2.31. The Bertz CT molecular complexity index is 603. The Morgan fingerprint density at radius 3 is 2.76 bits per heavy atom. The Morgan fingerprint density at radius 1 is 1.24 bits per heavy atom. The van der Waals surface area contributed by atoms with Gasteiger partial charge in [-0.2, -0.15) is 0 Å². The van der Waals surface area contributed by atoms with Gasteiger partial charge in [0.1, 0.15) is 0 Å². The van der Waals surface area contributed by atoms with Crippen molar-refractivity contribution < 1.29 is 14.4 Å². The number of aromatic nitrogens is 1. The number of hydroxylamine groups is 2. The van der Waals surface area contributed by atoms with Crippen molar-refractivity contribution in [3.8, 4) is 0 Å². The third-order valence-electron chi connectivity index (χ3n) is 3.21. The summed E-state index contributed by atoms with van der Waals surface area (Å²) in [6.45, 7) is 2.31. The van der Waals surface area contributed by atoms with Crippen LogP contribution >= 0.6 is 0 Å². The summed E-state index contributed by atoms with van der Waals surface area (Å²) in [6.07, 6.45) is 2.63. The summed E-state index contributed by atoms with van der Waals surface area (Å²) in [4.78, 5) is 22.2. The third-order valence-corrected chi connectivity index (χ3v) is 3.21. The molecule has 1 aliphatic heterocycles. The van der Waals surface area contributed by atoms with Crippen LogP contribution < -0.4 is 0 Å². The van der Waals surface area contributed by atoms with E-state index >= 15 is 0 Å². The largest absolute Gasteiger partial charge is 0.341 e. The molecule has 1 saturated heterocycles. The van der Waals surface area contributed by atoms with Gasteiger partial charge in [-0.15, -0.1) is 0 Å². The van der Waals surface area contributed by atoms with Crippen LogP contribution in [0.2, 0.25) is 0 Å². The second kappa shape index (κ2) is 6.03. The van der Waals surface area contributed by atoms with Crippen molar-refractivity contribution in [2.45, 2.75) is 19.3 Å². The fraction of sp³-hybridized carbons (Fsp3) is 0.250. The van der Waals surface area contributed by atoms with Gasteiger partial charge in [-0.05, 0) is 25.1 Å². The molecule has 2 aromatic rings. The van der Waals surface area contributed by atoms with E-state index in [9.17, 15) is 4.79 Å². The summed E-state index contributed by atoms with van der Waals surface area (Å²) >= 11 is 0. The summed E-state index contributed by atoms with van der Waals surface area (Å²) in [5.41, 5.74) is 1.38. The van der Waals surface area contributed by atoms with Crippen LogP contribution in [-0.2, 0) is 9.57 Å². The van der Waals surface area contributed by atoms with Gasteiger partial charge in [0, 0.05) is 23.5 Å². The molecular formula is C16H16N2O3. The maximum absolute atomic E-state index is 12.5. The molecule has 0 bridgehead atoms. The second-order valence-corrected chi connectivity index (χ2v) is 4.90. The normalized spacial score (nSPS) is 22.0. The van der Waals surface area contributed by atoms with Crippen LogP contribution in [0.1, 0.15) is 29.1 Å². The zero-order valence-corrected chi connectivity index (χ0v) is 11.7. The van der Waals surface area contributed by atoms with Crippen molar-refractivity contribution in [3.05, 3.63) is 66.0 Å². The number of amides is 1. The van der Waals surface area contributed by atoms with Crippen LogP contribution in [0.15, 0.2) is 54.9 Å². The van der Waals surface area contributed by atoms with Gasteiger partial charge < -0.3 is 4.74 Å². The van der Waals surface area contributed by atoms with Crippen molar-refractivity contribution in [1.82, 2.24) is 10.0 Å². The molecule has 3 rings (SSSR count). The predicted octanol–water partition coefficient (Wildman–Crippen LogP) is 2.57. The molecule has 5 nitrogen and oxygen atoms in total. The molecular weight excluding hydrogens is 268 g/mol. The number of hydrogen-bond acceptors (Lipinski definition) is 4. The summed E-state index contributed by atoms with van der Waals surface area (Å²) < 4.78 is 5.73. The summed E-state index contributed by atoms with van der Waals surface area (Å²) in [6, 6.07) is 12.7. The molecule has 0 saturated carbocycles. The van der Waals surface area contributed by atoms with Gasteiger partial charge in [-0.1, -0.05) is 24.3 Å². The molecule has 0 N–H and O–H groups in total. The summed E-state index contributed by atoms with van der Waals surface area (Å²) in [5.74, 6) is -0.167. The van der Waals surface area contributed by atoms with Gasteiger partial charge in [-0.25, -0.2) is 9.90 Å². The molecule has 1 aliphatic rings. The second-order valence-electron chi connectivity index (χ2n) is 4.90. The molecule has 0 spiro atoms. The van der Waals surface area contributed by atoms with E-state index in [1.807, 2.05) is 37.3 Å². The summed E-state index contributed by atoms with van der Waals surface area (Å²) in [5, 5.41) is 1.36. The highest BCUT2D eigenvalue weighted by molar-refractivity contribution is 5.93. The minimum atomic E-state index is -0.616. The molecule has 1 aromatic carbocycles. The minimum Gasteiger partial charge on any atom is -0.341 e. The first kappa shape index (κ1) is 13.7. The van der Waals surface area contributed by atoms with Crippen LogP contribution in [0.5, 0.6) is 0 Å². The smallest absolute Gasteiger partial charge is 0.277 e. The highest BCUT2D eigenvalue weighted by atomic mass is 16.8. The van der Waals surface area contributed by atoms with E-state index in [1.54, 1.807) is 24.5 Å². The fourth-order valence-corrected chi connectivity index (χ4v) is 2.18. The summed E-state index contributed by atoms with van der Waals surface area (Å²) in [7, 11) is 0. The fourth-order valence-electron chi connectivity index (χ4n) is 2.18. The number of carbonyl (C=O) groups is 1. The quantitative estimate of drug-likeness (QED) is 0.850. The lowest BCUT2D eigenvalue weighted by Gasteiger charge is -2.35. The molecule has 21 heavy (non-hydrogen) atoms. The number of ether oxygens (including phenoxy) is 1. The van der Waals surface area contributed by atoms with Gasteiger partial charge in [0.05, 0.1) is 12.6 Å². The molecule has 2 atom stereocenters. The van der Waals surface area contributed by atoms with E-state index in [1.165, 1.54) is 5.06 Å². The van der Waals surface area contributed by atoms with Crippen LogP contribution in [0.4, 0.5) is 0 Å². The predicted molar refractivity (Wildman–Crippen MR) is 76.1 cm³/mol. The standard InChI is InChI=1S/C16H16N2O3/c1-12-11-18(15(19)13-6-3-2-4-7-13)21-16(20-12)14-8-5-9-17-10-14/h2-10,12,16H,11H2,1H3/t12-,16-/m1/s1. The molecule has 0 unspecified atom stereocenters. The van der Waals surface area contributed by atoms with E-state index in [0.717, 1.165) is 5.56 Å². The Balaban J connectivity index is 1.79. The topological polar surface area (TPSA) is 51.7 Å². The van der Waals surface area contributed by atoms with Crippen molar-refractivity contribution in [1.29, 1.82) is 0 Å². The van der Waals surface area contributed by atoms with E-state index in [-0.39, 0.29) is 12.0 Å². The molecule has 0 aliphatic carbocycles. The molecule has 5 heteroatoms. The van der Waals surface area contributed by atoms with E-state index < -0.39 is 6.29 Å². The van der Waals surface area contributed by atoms with E-state index in [0.29, 0.717) is 12.1 Å². The van der Waals surface area contributed by atoms with Gasteiger partial charge in [-0.3, -0.25) is 9.78 Å². The highest BCUT2D eigenvalue weighted by Crippen LogP contribution is 2.27. The monoisotopic (exact) mass is 284 g/mol. The first-order chi connectivity index (χ1) is 10.2. The third kappa shape index (κ3) is 3.09. The minimum absolute atomic E-state index is 0.114. The van der Waals surface area contributed by atoms with Gasteiger partial charge in [0.2, 0.25) is 6.29 Å². The Morgan fingerprint density at radius 2 is 2.05 bits per heavy atom. The van der Waals surface area contributed by atoms with Gasteiger partial charge >= 0.3 is 0 Å². The Labute approximate surface area is 123 Å². The van der Waals surface area contributed by atoms with Gasteiger partial charge in [0.15, 0.2) is 0 Å². The SMILES string of the molecule is C[C@@H]1CN(C(=O)c2ccccc2)O[C@H](c2cccnc2)O1. The molecule has 2 heterocycles. The van der Waals surface area contributed by atoms with Gasteiger partial charge in [0.25, 0.3) is 5.91 Å². The molecule has 1 amide bonds. The Hall–Kier alpha value is -2.24. The van der Waals surface area contributed by atoms with Crippen LogP contribution in [0.25, 0.3) is 0 Å². The number of rotatable bonds is 2. The van der Waals surface area contributed by atoms with Crippen LogP contribution in [0.3, 0.4) is 0 Å². The number of pyridine rings is 1. The lowest BCUT2D eigenvalue weighted by Crippen LogP contribution is -2.44. The van der Waals surface area contributed by atoms with Crippen molar-refractivity contribution in [2.75, 3.05) is 6.54 Å². The molecule has 1 aromatic heterocycles. The number of hydrogen-bond donors (Lipinski definition) is 0.